The van der Waals surface area contributed by atoms with Crippen LogP contribution in [0.3, 0.4) is 0 Å². The van der Waals surface area contributed by atoms with Gasteiger partial charge in [0.1, 0.15) is 11.3 Å². The second-order valence-corrected chi connectivity index (χ2v) is 3.87. The zero-order valence-electron chi connectivity index (χ0n) is 9.51. The van der Waals surface area contributed by atoms with Crippen molar-refractivity contribution in [2.45, 2.75) is 13.3 Å². The minimum Gasteiger partial charge on any atom is -0.342 e. The minimum atomic E-state index is -0.611. The largest absolute Gasteiger partial charge is 0.342 e. The SMILES string of the molecule is CCCN(C)C(=O)c1cc([N+](=O)[O-])cnc1Cl. The van der Waals surface area contributed by atoms with Crippen molar-refractivity contribution in [3.63, 3.8) is 0 Å². The number of nitro groups is 1. The molecule has 0 aliphatic carbocycles. The van der Waals surface area contributed by atoms with Gasteiger partial charge in [0, 0.05) is 19.7 Å². The van der Waals surface area contributed by atoms with Gasteiger partial charge >= 0.3 is 0 Å². The number of carbonyl (C=O) groups is 1. The van der Waals surface area contributed by atoms with E-state index in [9.17, 15) is 14.9 Å². The first-order chi connectivity index (χ1) is 7.97. The van der Waals surface area contributed by atoms with E-state index in [0.29, 0.717) is 6.54 Å². The number of aromatic nitrogens is 1. The summed E-state index contributed by atoms with van der Waals surface area (Å²) < 4.78 is 0. The van der Waals surface area contributed by atoms with E-state index >= 15 is 0 Å². The van der Waals surface area contributed by atoms with Crippen molar-refractivity contribution in [2.24, 2.45) is 0 Å². The number of amides is 1. The standard InChI is InChI=1S/C10H12ClN3O3/c1-3-4-13(2)10(15)8-5-7(14(16)17)6-12-9(8)11/h5-6H,3-4H2,1-2H3. The fourth-order valence-corrected chi connectivity index (χ4v) is 1.51. The Morgan fingerprint density at radius 2 is 2.29 bits per heavy atom. The van der Waals surface area contributed by atoms with Crippen molar-refractivity contribution < 1.29 is 9.72 Å². The Balaban J connectivity index is 3.07. The molecule has 7 heteroatoms. The predicted molar refractivity (Wildman–Crippen MR) is 63.2 cm³/mol. The van der Waals surface area contributed by atoms with Gasteiger partial charge in [0.05, 0.1) is 10.5 Å². The molecule has 0 fully saturated rings. The van der Waals surface area contributed by atoms with Crippen LogP contribution in [0, 0.1) is 10.1 Å². The predicted octanol–water partition coefficient (Wildman–Crippen LogP) is 2.13. The summed E-state index contributed by atoms with van der Waals surface area (Å²) in [4.78, 5) is 27.0. The molecule has 1 heterocycles. The Bertz CT molecular complexity index is 450. The monoisotopic (exact) mass is 257 g/mol. The zero-order valence-corrected chi connectivity index (χ0v) is 10.3. The van der Waals surface area contributed by atoms with Gasteiger partial charge in [0.15, 0.2) is 0 Å². The number of halogens is 1. The van der Waals surface area contributed by atoms with Gasteiger partial charge in [-0.15, -0.1) is 0 Å². The van der Waals surface area contributed by atoms with Crippen molar-refractivity contribution in [3.05, 3.63) is 33.1 Å². The molecule has 0 bridgehead atoms. The van der Waals surface area contributed by atoms with Crippen molar-refractivity contribution in [3.8, 4) is 0 Å². The Kier molecular flexibility index (Phi) is 4.39. The smallest absolute Gasteiger partial charge is 0.288 e. The highest BCUT2D eigenvalue weighted by Crippen LogP contribution is 2.20. The number of hydrogen-bond acceptors (Lipinski definition) is 4. The lowest BCUT2D eigenvalue weighted by atomic mass is 10.2. The Morgan fingerprint density at radius 1 is 1.65 bits per heavy atom. The van der Waals surface area contributed by atoms with Gasteiger partial charge in [-0.1, -0.05) is 18.5 Å². The van der Waals surface area contributed by atoms with E-state index in [1.807, 2.05) is 6.92 Å². The molecule has 0 unspecified atom stereocenters. The Labute approximate surface area is 103 Å². The van der Waals surface area contributed by atoms with E-state index in [0.717, 1.165) is 18.7 Å². The molecular weight excluding hydrogens is 246 g/mol. The molecule has 6 nitrogen and oxygen atoms in total. The third-order valence-electron chi connectivity index (χ3n) is 2.17. The number of carbonyl (C=O) groups excluding carboxylic acids is 1. The van der Waals surface area contributed by atoms with E-state index in [2.05, 4.69) is 4.98 Å². The van der Waals surface area contributed by atoms with Crippen LogP contribution in [-0.4, -0.2) is 34.3 Å². The molecule has 1 aromatic rings. The summed E-state index contributed by atoms with van der Waals surface area (Å²) in [7, 11) is 1.61. The van der Waals surface area contributed by atoms with Crippen LogP contribution < -0.4 is 0 Å². The van der Waals surface area contributed by atoms with E-state index in [4.69, 9.17) is 11.6 Å². The number of pyridine rings is 1. The Hall–Kier alpha value is -1.69. The van der Waals surface area contributed by atoms with Gasteiger partial charge < -0.3 is 4.90 Å². The lowest BCUT2D eigenvalue weighted by molar-refractivity contribution is -0.385. The number of hydrogen-bond donors (Lipinski definition) is 0. The van der Waals surface area contributed by atoms with Crippen LogP contribution in [0.1, 0.15) is 23.7 Å². The van der Waals surface area contributed by atoms with Crippen LogP contribution >= 0.6 is 11.6 Å². The third kappa shape index (κ3) is 3.13. The molecule has 0 aliphatic heterocycles. The topological polar surface area (TPSA) is 76.3 Å². The molecule has 1 aromatic heterocycles. The third-order valence-corrected chi connectivity index (χ3v) is 2.47. The van der Waals surface area contributed by atoms with Gasteiger partial charge in [-0.2, -0.15) is 0 Å². The van der Waals surface area contributed by atoms with Gasteiger partial charge in [-0.05, 0) is 6.42 Å². The first-order valence-electron chi connectivity index (χ1n) is 5.02. The van der Waals surface area contributed by atoms with Crippen LogP contribution in [0.5, 0.6) is 0 Å². The molecule has 92 valence electrons. The first-order valence-corrected chi connectivity index (χ1v) is 5.40. The molecule has 0 saturated heterocycles. The zero-order chi connectivity index (χ0) is 13.0. The van der Waals surface area contributed by atoms with Gasteiger partial charge in [0.25, 0.3) is 11.6 Å². The normalized spacial score (nSPS) is 10.1. The summed E-state index contributed by atoms with van der Waals surface area (Å²) in [5.41, 5.74) is -0.195. The second-order valence-electron chi connectivity index (χ2n) is 3.52. The highest BCUT2D eigenvalue weighted by molar-refractivity contribution is 6.32. The minimum absolute atomic E-state index is 0.0245. The highest BCUT2D eigenvalue weighted by Gasteiger charge is 2.19. The summed E-state index contributed by atoms with van der Waals surface area (Å²) >= 11 is 5.76. The van der Waals surface area contributed by atoms with E-state index in [-0.39, 0.29) is 22.3 Å². The van der Waals surface area contributed by atoms with Crippen LogP contribution in [0.2, 0.25) is 5.15 Å². The first kappa shape index (κ1) is 13.4. The molecule has 0 N–H and O–H groups in total. The molecule has 0 aliphatic rings. The maximum atomic E-state index is 11.9. The Morgan fingerprint density at radius 3 is 2.82 bits per heavy atom. The molecule has 0 spiro atoms. The summed E-state index contributed by atoms with van der Waals surface area (Å²) in [6.07, 6.45) is 1.82. The molecule has 0 saturated carbocycles. The molecule has 1 rings (SSSR count). The van der Waals surface area contributed by atoms with Crippen molar-refractivity contribution in [1.29, 1.82) is 0 Å². The van der Waals surface area contributed by atoms with E-state index < -0.39 is 4.92 Å². The number of rotatable bonds is 4. The average Bonchev–Trinajstić information content (AvgIpc) is 2.28. The summed E-state index contributed by atoms with van der Waals surface area (Å²) in [6.45, 7) is 2.48. The quantitative estimate of drug-likeness (QED) is 0.470. The van der Waals surface area contributed by atoms with Crippen LogP contribution in [0.25, 0.3) is 0 Å². The van der Waals surface area contributed by atoms with Crippen LogP contribution in [-0.2, 0) is 0 Å². The summed E-state index contributed by atoms with van der Waals surface area (Å²) in [5, 5.41) is 10.6. The summed E-state index contributed by atoms with van der Waals surface area (Å²) in [6, 6.07) is 1.14. The van der Waals surface area contributed by atoms with Crippen molar-refractivity contribution in [1.82, 2.24) is 9.88 Å². The van der Waals surface area contributed by atoms with E-state index in [1.165, 1.54) is 4.90 Å². The molecule has 0 aromatic carbocycles. The second kappa shape index (κ2) is 5.58. The fourth-order valence-electron chi connectivity index (χ4n) is 1.33. The van der Waals surface area contributed by atoms with E-state index in [1.54, 1.807) is 7.05 Å². The van der Waals surface area contributed by atoms with Crippen LogP contribution in [0.15, 0.2) is 12.3 Å². The van der Waals surface area contributed by atoms with Gasteiger partial charge in [-0.25, -0.2) is 4.98 Å². The fraction of sp³-hybridized carbons (Fsp3) is 0.400. The molecule has 0 atom stereocenters. The highest BCUT2D eigenvalue weighted by atomic mass is 35.5. The lowest BCUT2D eigenvalue weighted by Crippen LogP contribution is -2.27. The lowest BCUT2D eigenvalue weighted by Gasteiger charge is -2.16. The molecule has 17 heavy (non-hydrogen) atoms. The molecule has 1 amide bonds. The summed E-state index contributed by atoms with van der Waals surface area (Å²) in [5.74, 6) is -0.368. The molecule has 0 radical (unpaired) electrons. The van der Waals surface area contributed by atoms with Crippen molar-refractivity contribution >= 4 is 23.2 Å². The maximum absolute atomic E-state index is 11.9. The van der Waals surface area contributed by atoms with Crippen molar-refractivity contribution in [2.75, 3.05) is 13.6 Å². The van der Waals surface area contributed by atoms with Crippen LogP contribution in [0.4, 0.5) is 5.69 Å². The maximum Gasteiger partial charge on any atom is 0.288 e. The average molecular weight is 258 g/mol. The van der Waals surface area contributed by atoms with Gasteiger partial charge in [-0.3, -0.25) is 14.9 Å². The number of nitrogens with zero attached hydrogens (tertiary/aromatic N) is 3. The molecular formula is C10H12ClN3O3. The van der Waals surface area contributed by atoms with Gasteiger partial charge in [0.2, 0.25) is 0 Å².